The molecule has 1 amide bonds. The number of hydrogen-bond donors (Lipinski definition) is 3. The molecule has 4 nitrogen and oxygen atoms in total. The third-order valence-electron chi connectivity index (χ3n) is 1.93. The largest absolute Gasteiger partial charge is 0.366 e. The van der Waals surface area contributed by atoms with Gasteiger partial charge >= 0.3 is 0 Å². The molecule has 0 saturated heterocycles. The first-order chi connectivity index (χ1) is 6.19. The van der Waals surface area contributed by atoms with Crippen molar-refractivity contribution in [2.24, 2.45) is 17.2 Å². The van der Waals surface area contributed by atoms with Crippen molar-refractivity contribution in [2.45, 2.75) is 13.1 Å². The van der Waals surface area contributed by atoms with Gasteiger partial charge in [0.1, 0.15) is 0 Å². The van der Waals surface area contributed by atoms with Crippen LogP contribution in [0.2, 0.25) is 0 Å². The summed E-state index contributed by atoms with van der Waals surface area (Å²) in [6.45, 7) is 0.791. The summed E-state index contributed by atoms with van der Waals surface area (Å²) >= 11 is 0. The minimum absolute atomic E-state index is 0.369. The minimum atomic E-state index is -0.446. The predicted molar refractivity (Wildman–Crippen MR) is 50.7 cm³/mol. The molecule has 0 saturated carbocycles. The van der Waals surface area contributed by atoms with Crippen LogP contribution in [0.1, 0.15) is 21.5 Å². The van der Waals surface area contributed by atoms with Crippen LogP contribution in [0.4, 0.5) is 0 Å². The number of primary amides is 1. The maximum absolute atomic E-state index is 10.8. The van der Waals surface area contributed by atoms with Gasteiger partial charge in [-0.1, -0.05) is 6.07 Å². The fourth-order valence-corrected chi connectivity index (χ4v) is 1.17. The first-order valence-corrected chi connectivity index (χ1v) is 4.00. The van der Waals surface area contributed by atoms with Crippen LogP contribution >= 0.6 is 0 Å². The first kappa shape index (κ1) is 9.70. The maximum atomic E-state index is 10.8. The highest BCUT2D eigenvalue weighted by Crippen LogP contribution is 2.10. The predicted octanol–water partition coefficient (Wildman–Crippen LogP) is -0.297. The van der Waals surface area contributed by atoms with E-state index in [9.17, 15) is 4.79 Å². The van der Waals surface area contributed by atoms with Crippen LogP contribution in [-0.2, 0) is 13.1 Å². The molecule has 0 spiro atoms. The molecule has 0 aliphatic carbocycles. The van der Waals surface area contributed by atoms with Gasteiger partial charge in [-0.25, -0.2) is 0 Å². The number of amides is 1. The normalized spacial score (nSPS) is 10.0. The molecule has 0 atom stereocenters. The Labute approximate surface area is 76.7 Å². The van der Waals surface area contributed by atoms with E-state index in [4.69, 9.17) is 17.2 Å². The molecule has 0 radical (unpaired) electrons. The molecular formula is C9H13N3O. The van der Waals surface area contributed by atoms with Crippen LogP contribution in [0.3, 0.4) is 0 Å². The number of benzene rings is 1. The molecule has 6 N–H and O–H groups in total. The second kappa shape index (κ2) is 4.02. The summed E-state index contributed by atoms with van der Waals surface area (Å²) in [5.41, 5.74) is 18.4. The molecule has 4 heteroatoms. The van der Waals surface area contributed by atoms with Crippen molar-refractivity contribution >= 4 is 5.91 Å². The lowest BCUT2D eigenvalue weighted by atomic mass is 10.0. The summed E-state index contributed by atoms with van der Waals surface area (Å²) in [7, 11) is 0. The molecule has 1 aromatic carbocycles. The van der Waals surface area contributed by atoms with Gasteiger partial charge in [0.2, 0.25) is 5.91 Å². The molecule has 0 aromatic heterocycles. The Bertz CT molecular complexity index is 323. The third-order valence-corrected chi connectivity index (χ3v) is 1.93. The van der Waals surface area contributed by atoms with Gasteiger partial charge < -0.3 is 17.2 Å². The average Bonchev–Trinajstić information content (AvgIpc) is 2.16. The van der Waals surface area contributed by atoms with Gasteiger partial charge in [-0.05, 0) is 23.3 Å². The van der Waals surface area contributed by atoms with Gasteiger partial charge in [-0.15, -0.1) is 0 Å². The summed E-state index contributed by atoms with van der Waals surface area (Å²) in [6, 6.07) is 5.12. The summed E-state index contributed by atoms with van der Waals surface area (Å²) < 4.78 is 0. The standard InChI is InChI=1S/C9H13N3O/c10-4-7-2-1-6(9(12)13)3-8(7)5-11/h1-3H,4-5,10-11H2,(H2,12,13). The molecule has 0 unspecified atom stereocenters. The van der Waals surface area contributed by atoms with E-state index in [2.05, 4.69) is 0 Å². The third kappa shape index (κ3) is 2.05. The zero-order valence-corrected chi connectivity index (χ0v) is 7.29. The van der Waals surface area contributed by atoms with E-state index < -0.39 is 5.91 Å². The Morgan fingerprint density at radius 2 is 1.77 bits per heavy atom. The van der Waals surface area contributed by atoms with E-state index in [1.54, 1.807) is 18.2 Å². The molecule has 0 bridgehead atoms. The molecule has 1 aromatic rings. The van der Waals surface area contributed by atoms with Crippen LogP contribution < -0.4 is 17.2 Å². The highest BCUT2D eigenvalue weighted by Gasteiger charge is 2.04. The van der Waals surface area contributed by atoms with E-state index in [1.165, 1.54) is 0 Å². The quantitative estimate of drug-likeness (QED) is 0.594. The van der Waals surface area contributed by atoms with E-state index in [-0.39, 0.29) is 0 Å². The van der Waals surface area contributed by atoms with E-state index in [0.29, 0.717) is 18.7 Å². The molecule has 70 valence electrons. The Morgan fingerprint density at radius 1 is 1.15 bits per heavy atom. The van der Waals surface area contributed by atoms with Gasteiger partial charge in [0.25, 0.3) is 0 Å². The van der Waals surface area contributed by atoms with Crippen molar-refractivity contribution in [3.8, 4) is 0 Å². The van der Waals surface area contributed by atoms with Crippen LogP contribution in [0, 0.1) is 0 Å². The van der Waals surface area contributed by atoms with Crippen molar-refractivity contribution in [3.63, 3.8) is 0 Å². The molecule has 0 heterocycles. The van der Waals surface area contributed by atoms with Crippen LogP contribution in [0.5, 0.6) is 0 Å². The van der Waals surface area contributed by atoms with Gasteiger partial charge in [0, 0.05) is 18.7 Å². The summed E-state index contributed by atoms with van der Waals surface area (Å²) in [5, 5.41) is 0. The van der Waals surface area contributed by atoms with Gasteiger partial charge in [-0.3, -0.25) is 4.79 Å². The molecular weight excluding hydrogens is 166 g/mol. The smallest absolute Gasteiger partial charge is 0.248 e. The van der Waals surface area contributed by atoms with Crippen LogP contribution in [-0.4, -0.2) is 5.91 Å². The van der Waals surface area contributed by atoms with Crippen LogP contribution in [0.25, 0.3) is 0 Å². The highest BCUT2D eigenvalue weighted by molar-refractivity contribution is 5.93. The minimum Gasteiger partial charge on any atom is -0.366 e. The van der Waals surface area contributed by atoms with Crippen molar-refractivity contribution in [1.29, 1.82) is 0 Å². The van der Waals surface area contributed by atoms with Gasteiger partial charge in [0.15, 0.2) is 0 Å². The lowest BCUT2D eigenvalue weighted by molar-refractivity contribution is 0.1000. The average molecular weight is 179 g/mol. The molecule has 1 rings (SSSR count). The molecule has 0 aliphatic heterocycles. The number of hydrogen-bond acceptors (Lipinski definition) is 3. The maximum Gasteiger partial charge on any atom is 0.248 e. The van der Waals surface area contributed by atoms with E-state index in [1.807, 2.05) is 0 Å². The molecule has 0 aliphatic rings. The Balaban J connectivity index is 3.13. The van der Waals surface area contributed by atoms with E-state index in [0.717, 1.165) is 11.1 Å². The monoisotopic (exact) mass is 179 g/mol. The lowest BCUT2D eigenvalue weighted by Gasteiger charge is -2.06. The lowest BCUT2D eigenvalue weighted by Crippen LogP contribution is -2.13. The molecule has 13 heavy (non-hydrogen) atoms. The second-order valence-corrected chi connectivity index (χ2v) is 2.76. The van der Waals surface area contributed by atoms with Gasteiger partial charge in [-0.2, -0.15) is 0 Å². The zero-order valence-electron chi connectivity index (χ0n) is 7.29. The van der Waals surface area contributed by atoms with Crippen LogP contribution in [0.15, 0.2) is 18.2 Å². The Kier molecular flexibility index (Phi) is 3.00. The fraction of sp³-hybridized carbons (Fsp3) is 0.222. The first-order valence-electron chi connectivity index (χ1n) is 4.00. The van der Waals surface area contributed by atoms with Crippen molar-refractivity contribution in [3.05, 3.63) is 34.9 Å². The fourth-order valence-electron chi connectivity index (χ4n) is 1.17. The SMILES string of the molecule is NCc1ccc(C(N)=O)cc1CN. The number of carbonyl (C=O) groups excluding carboxylic acids is 1. The summed E-state index contributed by atoms with van der Waals surface area (Å²) in [6.07, 6.45) is 0. The summed E-state index contributed by atoms with van der Waals surface area (Å²) in [5.74, 6) is -0.446. The number of rotatable bonds is 3. The van der Waals surface area contributed by atoms with E-state index >= 15 is 0 Å². The zero-order chi connectivity index (χ0) is 9.84. The Morgan fingerprint density at radius 3 is 2.23 bits per heavy atom. The summed E-state index contributed by atoms with van der Waals surface area (Å²) in [4.78, 5) is 10.8. The van der Waals surface area contributed by atoms with Gasteiger partial charge in [0.05, 0.1) is 0 Å². The second-order valence-electron chi connectivity index (χ2n) is 2.76. The number of nitrogens with two attached hydrogens (primary N) is 3. The van der Waals surface area contributed by atoms with Crippen molar-refractivity contribution in [2.75, 3.05) is 0 Å². The van der Waals surface area contributed by atoms with Crippen molar-refractivity contribution in [1.82, 2.24) is 0 Å². The highest BCUT2D eigenvalue weighted by atomic mass is 16.1. The topological polar surface area (TPSA) is 95.1 Å². The number of carbonyl (C=O) groups is 1. The molecule has 0 fully saturated rings. The Hall–Kier alpha value is -1.39. The van der Waals surface area contributed by atoms with Crippen molar-refractivity contribution < 1.29 is 4.79 Å².